The van der Waals surface area contributed by atoms with E-state index in [9.17, 15) is 0 Å². The Kier molecular flexibility index (Phi) is 6.63. The molecule has 0 unspecified atom stereocenters. The molecule has 0 saturated carbocycles. The van der Waals surface area contributed by atoms with Gasteiger partial charge in [0.2, 0.25) is 0 Å². The maximum atomic E-state index is 2.46. The minimum Gasteiger partial charge on any atom is -0.309 e. The fraction of sp³-hybridized carbons (Fsp3) is 0. The topological polar surface area (TPSA) is 8.17 Å². The van der Waals surface area contributed by atoms with Crippen LogP contribution in [-0.2, 0) is 0 Å². The molecule has 0 aliphatic carbocycles. The van der Waals surface area contributed by atoms with E-state index >= 15 is 0 Å². The van der Waals surface area contributed by atoms with Crippen molar-refractivity contribution in [2.75, 3.05) is 4.90 Å². The molecule has 4 heteroatoms. The summed E-state index contributed by atoms with van der Waals surface area (Å²) in [5.41, 5.74) is 9.43. The van der Waals surface area contributed by atoms with Crippen LogP contribution in [-0.4, -0.2) is 4.57 Å². The number of aromatic nitrogens is 1. The standard InChI is InChI=1S/C48H30N2S2/c1-2-13-33(14-3-1)50-42-20-7-4-16-36(42)37-26-24-32(29-44(37)50)31-12-10-15-34(28-31)49(35-25-27-40-38-17-5-8-22-45(38)51-47(40)30-35)43-21-11-19-41-39-18-6-9-23-46(39)52-48(41)43/h1-30H. The van der Waals surface area contributed by atoms with Crippen molar-refractivity contribution in [1.29, 1.82) is 0 Å². The van der Waals surface area contributed by atoms with Gasteiger partial charge in [-0.05, 0) is 77.9 Å². The smallest absolute Gasteiger partial charge is 0.0640 e. The number of thiophene rings is 2. The van der Waals surface area contributed by atoms with Crippen LogP contribution in [0.4, 0.5) is 17.1 Å². The van der Waals surface area contributed by atoms with Crippen molar-refractivity contribution in [2.45, 2.75) is 0 Å². The van der Waals surface area contributed by atoms with E-state index in [0.29, 0.717) is 0 Å². The fourth-order valence-corrected chi connectivity index (χ4v) is 10.4. The number of fused-ring (bicyclic) bond motifs is 9. The van der Waals surface area contributed by atoms with Gasteiger partial charge in [-0.1, -0.05) is 115 Å². The second-order valence-corrected chi connectivity index (χ2v) is 15.5. The van der Waals surface area contributed by atoms with Gasteiger partial charge in [0.25, 0.3) is 0 Å². The lowest BCUT2D eigenvalue weighted by molar-refractivity contribution is 1.18. The highest BCUT2D eigenvalue weighted by Gasteiger charge is 2.20. The van der Waals surface area contributed by atoms with Crippen molar-refractivity contribution < 1.29 is 0 Å². The molecule has 0 amide bonds. The lowest BCUT2D eigenvalue weighted by atomic mass is 10.0. The van der Waals surface area contributed by atoms with E-state index in [1.54, 1.807) is 0 Å². The second-order valence-electron chi connectivity index (χ2n) is 13.3. The predicted molar refractivity (Wildman–Crippen MR) is 227 cm³/mol. The summed E-state index contributed by atoms with van der Waals surface area (Å²) in [4.78, 5) is 2.46. The average Bonchev–Trinajstić information content (AvgIpc) is 3.88. The molecule has 0 fully saturated rings. The summed E-state index contributed by atoms with van der Waals surface area (Å²) < 4.78 is 7.60. The molecule has 244 valence electrons. The first-order valence-corrected chi connectivity index (χ1v) is 19.2. The zero-order valence-corrected chi connectivity index (χ0v) is 29.7. The van der Waals surface area contributed by atoms with E-state index in [1.807, 2.05) is 22.7 Å². The predicted octanol–water partition coefficient (Wildman–Crippen LogP) is 14.7. The molecule has 11 aromatic rings. The average molecular weight is 699 g/mol. The van der Waals surface area contributed by atoms with Gasteiger partial charge in [0.1, 0.15) is 0 Å². The molecule has 0 aliphatic rings. The van der Waals surface area contributed by atoms with Crippen LogP contribution in [0.25, 0.3) is 79.0 Å². The SMILES string of the molecule is c1ccc(-n2c3ccccc3c3ccc(-c4cccc(N(c5ccc6c(c5)sc5ccccc56)c5cccc6c5sc5ccccc56)c4)cc32)cc1. The zero-order chi connectivity index (χ0) is 34.2. The molecule has 11 rings (SSSR count). The van der Waals surface area contributed by atoms with E-state index in [-0.39, 0.29) is 0 Å². The Morgan fingerprint density at radius 1 is 0.365 bits per heavy atom. The Bertz CT molecular complexity index is 3150. The maximum absolute atomic E-state index is 2.46. The van der Waals surface area contributed by atoms with Gasteiger partial charge in [-0.2, -0.15) is 0 Å². The maximum Gasteiger partial charge on any atom is 0.0640 e. The van der Waals surface area contributed by atoms with Crippen molar-refractivity contribution >= 4 is 102 Å². The lowest BCUT2D eigenvalue weighted by Gasteiger charge is -2.26. The summed E-state index contributed by atoms with van der Waals surface area (Å²) in [6, 6.07) is 66.7. The lowest BCUT2D eigenvalue weighted by Crippen LogP contribution is -2.10. The highest BCUT2D eigenvalue weighted by atomic mass is 32.1. The Balaban J connectivity index is 1.13. The van der Waals surface area contributed by atoms with Crippen LogP contribution in [0, 0.1) is 0 Å². The summed E-state index contributed by atoms with van der Waals surface area (Å²) in [6.07, 6.45) is 0. The van der Waals surface area contributed by atoms with Gasteiger partial charge in [0.05, 0.1) is 21.4 Å². The van der Waals surface area contributed by atoms with Crippen molar-refractivity contribution in [1.82, 2.24) is 4.57 Å². The molecule has 0 radical (unpaired) electrons. The minimum absolute atomic E-state index is 1.13. The normalized spacial score (nSPS) is 11.8. The molecule has 0 bridgehead atoms. The van der Waals surface area contributed by atoms with Gasteiger partial charge in [-0.15, -0.1) is 22.7 Å². The molecule has 52 heavy (non-hydrogen) atoms. The summed E-state index contributed by atoms with van der Waals surface area (Å²) >= 11 is 3.74. The quantitative estimate of drug-likeness (QED) is 0.174. The molecule has 0 atom stereocenters. The molecular formula is C48H30N2S2. The molecule has 3 aromatic heterocycles. The van der Waals surface area contributed by atoms with Gasteiger partial charge in [-0.3, -0.25) is 0 Å². The van der Waals surface area contributed by atoms with Gasteiger partial charge in [0.15, 0.2) is 0 Å². The van der Waals surface area contributed by atoms with Gasteiger partial charge < -0.3 is 9.47 Å². The second kappa shape index (κ2) is 11.7. The number of rotatable bonds is 5. The van der Waals surface area contributed by atoms with E-state index in [0.717, 1.165) is 11.4 Å². The van der Waals surface area contributed by atoms with Crippen molar-refractivity contribution in [3.8, 4) is 16.8 Å². The van der Waals surface area contributed by atoms with Crippen LogP contribution in [0.2, 0.25) is 0 Å². The third kappa shape index (κ3) is 4.55. The molecule has 3 heterocycles. The summed E-state index contributed by atoms with van der Waals surface area (Å²) in [5.74, 6) is 0. The van der Waals surface area contributed by atoms with E-state index < -0.39 is 0 Å². The summed E-state index contributed by atoms with van der Waals surface area (Å²) in [5, 5.41) is 7.74. The summed E-state index contributed by atoms with van der Waals surface area (Å²) in [7, 11) is 0. The Labute approximate surface area is 308 Å². The van der Waals surface area contributed by atoms with Gasteiger partial charge in [0, 0.05) is 63.5 Å². The largest absolute Gasteiger partial charge is 0.309 e. The van der Waals surface area contributed by atoms with E-state index in [4.69, 9.17) is 0 Å². The van der Waals surface area contributed by atoms with Crippen LogP contribution in [0.1, 0.15) is 0 Å². The number of hydrogen-bond donors (Lipinski definition) is 0. The molecule has 2 nitrogen and oxygen atoms in total. The third-order valence-corrected chi connectivity index (χ3v) is 12.7. The number of nitrogens with zero attached hydrogens (tertiary/aromatic N) is 2. The molecular weight excluding hydrogens is 669 g/mol. The van der Waals surface area contributed by atoms with E-state index in [2.05, 4.69) is 191 Å². The van der Waals surface area contributed by atoms with Gasteiger partial charge in [-0.25, -0.2) is 0 Å². The minimum atomic E-state index is 1.13. The Morgan fingerprint density at radius 3 is 1.85 bits per heavy atom. The highest BCUT2D eigenvalue weighted by molar-refractivity contribution is 7.26. The Hall–Kier alpha value is -6.20. The monoisotopic (exact) mass is 698 g/mol. The van der Waals surface area contributed by atoms with Crippen LogP contribution in [0.3, 0.4) is 0 Å². The molecule has 0 aliphatic heterocycles. The first-order valence-electron chi connectivity index (χ1n) is 17.6. The number of benzene rings is 8. The molecule has 0 N–H and O–H groups in total. The van der Waals surface area contributed by atoms with E-state index in [1.165, 1.54) is 84.7 Å². The third-order valence-electron chi connectivity index (χ3n) is 10.4. The van der Waals surface area contributed by atoms with Crippen LogP contribution in [0.5, 0.6) is 0 Å². The summed E-state index contributed by atoms with van der Waals surface area (Å²) in [6.45, 7) is 0. The number of anilines is 3. The van der Waals surface area contributed by atoms with Crippen molar-refractivity contribution in [3.63, 3.8) is 0 Å². The van der Waals surface area contributed by atoms with Crippen LogP contribution < -0.4 is 4.90 Å². The molecule has 0 spiro atoms. The zero-order valence-electron chi connectivity index (χ0n) is 28.0. The molecule has 8 aromatic carbocycles. The van der Waals surface area contributed by atoms with Crippen molar-refractivity contribution in [3.05, 3.63) is 182 Å². The Morgan fingerprint density at radius 2 is 0.981 bits per heavy atom. The fourth-order valence-electron chi connectivity index (χ4n) is 8.02. The highest BCUT2D eigenvalue weighted by Crippen LogP contribution is 2.47. The number of hydrogen-bond acceptors (Lipinski definition) is 3. The van der Waals surface area contributed by atoms with Crippen LogP contribution in [0.15, 0.2) is 182 Å². The number of para-hydroxylation sites is 2. The first kappa shape index (κ1) is 29.5. The first-order chi connectivity index (χ1) is 25.8. The van der Waals surface area contributed by atoms with Crippen molar-refractivity contribution in [2.24, 2.45) is 0 Å². The van der Waals surface area contributed by atoms with Crippen LogP contribution >= 0.6 is 22.7 Å². The molecule has 0 saturated heterocycles. The van der Waals surface area contributed by atoms with Gasteiger partial charge >= 0.3 is 0 Å².